The molecule has 1 N–H and O–H groups in total. The van der Waals surface area contributed by atoms with E-state index in [2.05, 4.69) is 20.3 Å². The third-order valence-electron chi connectivity index (χ3n) is 5.51. The van der Waals surface area contributed by atoms with Crippen LogP contribution in [0.1, 0.15) is 60.8 Å². The standard InChI is InChI=1S/C25H23F3N4O/c1-15(2)23-30-13-18(14-31-23)24(33)32-22-20(16-7-10-25(27,28)11-8-16)9-12-29-21(22)17-3-5-19(26)6-4-17/h3-7,9,12-15H,8,10-11H2,1-2H3,(H,32,33). The van der Waals surface area contributed by atoms with Crippen molar-refractivity contribution < 1.29 is 18.0 Å². The number of hydrogen-bond acceptors (Lipinski definition) is 4. The fraction of sp³-hybridized carbons (Fsp3) is 0.280. The molecule has 5 nitrogen and oxygen atoms in total. The number of benzene rings is 1. The van der Waals surface area contributed by atoms with Crippen LogP contribution in [-0.4, -0.2) is 26.8 Å². The molecule has 3 aromatic rings. The number of nitrogens with one attached hydrogen (secondary N) is 1. The number of anilines is 1. The molecule has 8 heteroatoms. The fourth-order valence-electron chi connectivity index (χ4n) is 3.66. The lowest BCUT2D eigenvalue weighted by molar-refractivity contribution is -0.00603. The first kappa shape index (κ1) is 22.6. The van der Waals surface area contributed by atoms with Gasteiger partial charge in [0.25, 0.3) is 11.8 Å². The summed E-state index contributed by atoms with van der Waals surface area (Å²) < 4.78 is 40.9. The highest BCUT2D eigenvalue weighted by atomic mass is 19.3. The zero-order valence-electron chi connectivity index (χ0n) is 18.3. The maximum Gasteiger partial charge on any atom is 0.258 e. The van der Waals surface area contributed by atoms with E-state index in [0.717, 1.165) is 0 Å². The van der Waals surface area contributed by atoms with Crippen molar-refractivity contribution in [2.45, 2.75) is 45.0 Å². The molecule has 2 aromatic heterocycles. The number of hydrogen-bond donors (Lipinski definition) is 1. The van der Waals surface area contributed by atoms with Gasteiger partial charge in [-0.25, -0.2) is 23.1 Å². The van der Waals surface area contributed by atoms with E-state index >= 15 is 0 Å². The second-order valence-electron chi connectivity index (χ2n) is 8.32. The van der Waals surface area contributed by atoms with Gasteiger partial charge in [0, 0.05) is 48.5 Å². The molecular weight excluding hydrogens is 429 g/mol. The van der Waals surface area contributed by atoms with Crippen LogP contribution in [0.2, 0.25) is 0 Å². The number of carbonyl (C=O) groups excluding carboxylic acids is 1. The van der Waals surface area contributed by atoms with Gasteiger partial charge in [0.05, 0.1) is 16.9 Å². The van der Waals surface area contributed by atoms with Gasteiger partial charge in [-0.3, -0.25) is 9.78 Å². The Morgan fingerprint density at radius 1 is 1.06 bits per heavy atom. The number of amides is 1. The lowest BCUT2D eigenvalue weighted by Gasteiger charge is -2.24. The molecule has 0 bridgehead atoms. The van der Waals surface area contributed by atoms with Gasteiger partial charge in [-0.05, 0) is 42.3 Å². The molecule has 0 spiro atoms. The van der Waals surface area contributed by atoms with Gasteiger partial charge in [-0.2, -0.15) is 0 Å². The van der Waals surface area contributed by atoms with Crippen molar-refractivity contribution in [2.75, 3.05) is 5.32 Å². The molecule has 0 saturated carbocycles. The van der Waals surface area contributed by atoms with Crippen molar-refractivity contribution in [1.29, 1.82) is 0 Å². The van der Waals surface area contributed by atoms with Gasteiger partial charge < -0.3 is 5.32 Å². The van der Waals surface area contributed by atoms with Crippen molar-refractivity contribution in [3.63, 3.8) is 0 Å². The van der Waals surface area contributed by atoms with Crippen LogP contribution in [0.5, 0.6) is 0 Å². The number of rotatable bonds is 5. The molecule has 0 atom stereocenters. The predicted molar refractivity (Wildman–Crippen MR) is 120 cm³/mol. The smallest absolute Gasteiger partial charge is 0.258 e. The number of carbonyl (C=O) groups is 1. The van der Waals surface area contributed by atoms with Crippen molar-refractivity contribution in [1.82, 2.24) is 15.0 Å². The van der Waals surface area contributed by atoms with Crippen LogP contribution in [0.15, 0.2) is 55.0 Å². The number of alkyl halides is 2. The Balaban J connectivity index is 1.75. The van der Waals surface area contributed by atoms with Gasteiger partial charge in [0.15, 0.2) is 0 Å². The zero-order chi connectivity index (χ0) is 23.6. The molecule has 33 heavy (non-hydrogen) atoms. The number of halogens is 3. The average molecular weight is 452 g/mol. The second-order valence-corrected chi connectivity index (χ2v) is 8.32. The molecule has 1 aromatic carbocycles. The van der Waals surface area contributed by atoms with E-state index in [1.54, 1.807) is 24.4 Å². The third-order valence-corrected chi connectivity index (χ3v) is 5.51. The van der Waals surface area contributed by atoms with Gasteiger partial charge in [0.2, 0.25) is 0 Å². The molecule has 0 unspecified atom stereocenters. The topological polar surface area (TPSA) is 67.8 Å². The van der Waals surface area contributed by atoms with E-state index in [1.807, 2.05) is 13.8 Å². The number of allylic oxidation sites excluding steroid dienone is 2. The van der Waals surface area contributed by atoms with Crippen LogP contribution in [-0.2, 0) is 0 Å². The summed E-state index contributed by atoms with van der Waals surface area (Å²) in [5, 5.41) is 2.87. The molecule has 1 aliphatic carbocycles. The number of nitrogens with zero attached hydrogens (tertiary/aromatic N) is 3. The highest BCUT2D eigenvalue weighted by Crippen LogP contribution is 2.40. The molecule has 0 saturated heterocycles. The van der Waals surface area contributed by atoms with Crippen LogP contribution >= 0.6 is 0 Å². The molecule has 1 amide bonds. The van der Waals surface area contributed by atoms with Crippen molar-refractivity contribution >= 4 is 17.2 Å². The summed E-state index contributed by atoms with van der Waals surface area (Å²) in [5.74, 6) is -2.86. The van der Waals surface area contributed by atoms with Crippen LogP contribution in [0.4, 0.5) is 18.9 Å². The normalized spacial score (nSPS) is 15.3. The molecule has 2 heterocycles. The first-order chi connectivity index (χ1) is 15.7. The van der Waals surface area contributed by atoms with Crippen molar-refractivity contribution in [3.05, 3.63) is 77.8 Å². The minimum atomic E-state index is -2.74. The lowest BCUT2D eigenvalue weighted by Crippen LogP contribution is -2.19. The molecule has 170 valence electrons. The first-order valence-corrected chi connectivity index (χ1v) is 10.7. The van der Waals surface area contributed by atoms with Gasteiger partial charge in [-0.15, -0.1) is 0 Å². The quantitative estimate of drug-likeness (QED) is 0.496. The molecule has 0 aliphatic heterocycles. The third kappa shape index (κ3) is 5.10. The fourth-order valence-corrected chi connectivity index (χ4v) is 3.66. The van der Waals surface area contributed by atoms with E-state index in [-0.39, 0.29) is 30.7 Å². The Bertz CT molecular complexity index is 1190. The van der Waals surface area contributed by atoms with E-state index in [4.69, 9.17) is 0 Å². The highest BCUT2D eigenvalue weighted by Gasteiger charge is 2.32. The van der Waals surface area contributed by atoms with Gasteiger partial charge >= 0.3 is 0 Å². The Morgan fingerprint density at radius 2 is 1.76 bits per heavy atom. The molecule has 0 fully saturated rings. The summed E-state index contributed by atoms with van der Waals surface area (Å²) in [6, 6.07) is 7.40. The van der Waals surface area contributed by atoms with Gasteiger partial charge in [-0.1, -0.05) is 19.9 Å². The minimum absolute atomic E-state index is 0.119. The maximum absolute atomic E-state index is 13.7. The van der Waals surface area contributed by atoms with Gasteiger partial charge in [0.1, 0.15) is 11.6 Å². The first-order valence-electron chi connectivity index (χ1n) is 10.7. The van der Waals surface area contributed by atoms with Crippen LogP contribution < -0.4 is 5.32 Å². The van der Waals surface area contributed by atoms with E-state index in [0.29, 0.717) is 33.9 Å². The highest BCUT2D eigenvalue weighted by molar-refractivity contribution is 6.07. The molecule has 1 aliphatic rings. The van der Waals surface area contributed by atoms with E-state index in [1.165, 1.54) is 30.6 Å². The summed E-state index contributed by atoms with van der Waals surface area (Å²) in [7, 11) is 0. The molecular formula is C25H23F3N4O. The lowest BCUT2D eigenvalue weighted by atomic mass is 9.90. The Hall–Kier alpha value is -3.55. The van der Waals surface area contributed by atoms with E-state index in [9.17, 15) is 18.0 Å². The van der Waals surface area contributed by atoms with Crippen LogP contribution in [0.3, 0.4) is 0 Å². The SMILES string of the molecule is CC(C)c1ncc(C(=O)Nc2c(C3=CCC(F)(F)CC3)ccnc2-c2ccc(F)cc2)cn1. The number of pyridine rings is 1. The average Bonchev–Trinajstić information content (AvgIpc) is 2.80. The van der Waals surface area contributed by atoms with Crippen molar-refractivity contribution in [2.24, 2.45) is 0 Å². The van der Waals surface area contributed by atoms with Crippen LogP contribution in [0, 0.1) is 5.82 Å². The number of aromatic nitrogens is 3. The maximum atomic E-state index is 13.7. The largest absolute Gasteiger partial charge is 0.319 e. The summed E-state index contributed by atoms with van der Waals surface area (Å²) in [4.78, 5) is 25.9. The minimum Gasteiger partial charge on any atom is -0.319 e. The summed E-state index contributed by atoms with van der Waals surface area (Å²) in [6.07, 6.45) is 5.48. The Kier molecular flexibility index (Phi) is 6.26. The molecule has 0 radical (unpaired) electrons. The predicted octanol–water partition coefficient (Wildman–Crippen LogP) is 6.26. The monoisotopic (exact) mass is 452 g/mol. The molecule has 4 rings (SSSR count). The summed E-state index contributed by atoms with van der Waals surface area (Å²) in [6.45, 7) is 3.90. The van der Waals surface area contributed by atoms with Crippen LogP contribution in [0.25, 0.3) is 16.8 Å². The van der Waals surface area contributed by atoms with Crippen molar-refractivity contribution in [3.8, 4) is 11.3 Å². The zero-order valence-corrected chi connectivity index (χ0v) is 18.3. The summed E-state index contributed by atoms with van der Waals surface area (Å²) >= 11 is 0. The summed E-state index contributed by atoms with van der Waals surface area (Å²) in [5.41, 5.74) is 2.93. The Labute approximate surface area is 189 Å². The van der Waals surface area contributed by atoms with E-state index < -0.39 is 17.6 Å². The Morgan fingerprint density at radius 3 is 2.36 bits per heavy atom. The second kappa shape index (κ2) is 9.13.